The molecule has 12 heteroatoms. The van der Waals surface area contributed by atoms with Crippen LogP contribution in [0.2, 0.25) is 0 Å². The summed E-state index contributed by atoms with van der Waals surface area (Å²) in [4.78, 5) is 41.5. The molecule has 1 aliphatic rings. The highest BCUT2D eigenvalue weighted by Crippen LogP contribution is 2.29. The first-order chi connectivity index (χ1) is 22.2. The molecule has 258 valence electrons. The molecule has 0 saturated carbocycles. The molecule has 0 bridgehead atoms. The van der Waals surface area contributed by atoms with Crippen molar-refractivity contribution in [2.24, 2.45) is 5.92 Å². The molecule has 2 aromatic carbocycles. The van der Waals surface area contributed by atoms with Gasteiger partial charge in [-0.05, 0) is 58.4 Å². The standard InChI is InChI=1S/C35H49N3O9/c1-24-20-37(25(2)22-44-23-27-12-15-29(43-8)16-13-27)33(39)30-19-28(38(41)42)14-17-31(30)46-26(3)11-9-10-18-45-32(24)21-36(7)34(40)47-35(4,5)6/h9-10,12-17,19,24-26,32H,11,18,20-23H2,1-8H3/t24-,25+,26?,32+/m1/s1. The minimum atomic E-state index is -0.664. The molecular weight excluding hydrogens is 606 g/mol. The SMILES string of the molecule is COc1ccc(COC[C@H](C)N2C[C@@H](C)[C@H](CN(C)C(=O)OC(C)(C)C)OCC=CCC(C)Oc3ccc([N+](=O)[O-])cc3C2=O)cc1. The third kappa shape index (κ3) is 11.5. The van der Waals surface area contributed by atoms with E-state index < -0.39 is 34.7 Å². The number of hydrogen-bond donors (Lipinski definition) is 0. The predicted octanol–water partition coefficient (Wildman–Crippen LogP) is 6.27. The van der Waals surface area contributed by atoms with Crippen LogP contribution in [0, 0.1) is 16.0 Å². The van der Waals surface area contributed by atoms with Crippen LogP contribution in [0.4, 0.5) is 10.5 Å². The summed E-state index contributed by atoms with van der Waals surface area (Å²) >= 11 is 0. The maximum Gasteiger partial charge on any atom is 0.410 e. The van der Waals surface area contributed by atoms with Gasteiger partial charge >= 0.3 is 6.09 Å². The third-order valence-electron chi connectivity index (χ3n) is 7.63. The number of carbonyl (C=O) groups excluding carboxylic acids is 2. The van der Waals surface area contributed by atoms with Gasteiger partial charge in [-0.1, -0.05) is 31.2 Å². The number of rotatable bonds is 9. The van der Waals surface area contributed by atoms with Crippen molar-refractivity contribution in [3.05, 3.63) is 75.9 Å². The minimum Gasteiger partial charge on any atom is -0.497 e. The minimum absolute atomic E-state index is 0.0876. The summed E-state index contributed by atoms with van der Waals surface area (Å²) < 4.78 is 29.3. The predicted molar refractivity (Wildman–Crippen MR) is 178 cm³/mol. The highest BCUT2D eigenvalue weighted by Gasteiger charge is 2.32. The van der Waals surface area contributed by atoms with E-state index in [1.54, 1.807) is 39.8 Å². The molecule has 0 spiro atoms. The highest BCUT2D eigenvalue weighted by molar-refractivity contribution is 5.98. The Bertz CT molecular complexity index is 1370. The summed E-state index contributed by atoms with van der Waals surface area (Å²) in [6, 6.07) is 11.2. The number of carbonyl (C=O) groups is 2. The number of nitrogens with zero attached hydrogens (tertiary/aromatic N) is 3. The topological polar surface area (TPSA) is 130 Å². The first-order valence-electron chi connectivity index (χ1n) is 15.9. The van der Waals surface area contributed by atoms with E-state index in [1.807, 2.05) is 57.2 Å². The normalized spacial score (nSPS) is 20.0. The van der Waals surface area contributed by atoms with E-state index in [2.05, 4.69) is 0 Å². The number of hydrogen-bond acceptors (Lipinski definition) is 9. The van der Waals surface area contributed by atoms with E-state index >= 15 is 0 Å². The smallest absolute Gasteiger partial charge is 0.410 e. The molecule has 47 heavy (non-hydrogen) atoms. The van der Waals surface area contributed by atoms with Crippen molar-refractivity contribution in [3.8, 4) is 11.5 Å². The van der Waals surface area contributed by atoms with Gasteiger partial charge in [0.1, 0.15) is 17.1 Å². The molecule has 1 aliphatic heterocycles. The van der Waals surface area contributed by atoms with Gasteiger partial charge in [0.25, 0.3) is 11.6 Å². The molecule has 0 saturated heterocycles. The maximum absolute atomic E-state index is 14.4. The quantitative estimate of drug-likeness (QED) is 0.174. The fraction of sp³-hybridized carbons (Fsp3) is 0.543. The van der Waals surface area contributed by atoms with Crippen LogP contribution in [0.3, 0.4) is 0 Å². The van der Waals surface area contributed by atoms with Crippen molar-refractivity contribution in [1.82, 2.24) is 9.80 Å². The number of likely N-dealkylation sites (N-methyl/N-ethyl adjacent to an activating group) is 1. The van der Waals surface area contributed by atoms with Crippen LogP contribution in [0.25, 0.3) is 0 Å². The second kappa shape index (κ2) is 17.1. The summed E-state index contributed by atoms with van der Waals surface area (Å²) in [5.74, 6) is 0.294. The van der Waals surface area contributed by atoms with Crippen molar-refractivity contribution < 1.29 is 38.2 Å². The van der Waals surface area contributed by atoms with Crippen molar-refractivity contribution in [2.75, 3.05) is 40.5 Å². The molecule has 2 amide bonds. The summed E-state index contributed by atoms with van der Waals surface area (Å²) in [7, 11) is 3.25. The number of nitro groups is 1. The van der Waals surface area contributed by atoms with Gasteiger partial charge in [-0.2, -0.15) is 0 Å². The fourth-order valence-corrected chi connectivity index (χ4v) is 4.99. The molecule has 0 radical (unpaired) electrons. The van der Waals surface area contributed by atoms with Crippen LogP contribution in [-0.2, 0) is 20.8 Å². The zero-order valence-corrected chi connectivity index (χ0v) is 28.8. The summed E-state index contributed by atoms with van der Waals surface area (Å²) in [5.41, 5.74) is 0.146. The lowest BCUT2D eigenvalue weighted by molar-refractivity contribution is -0.384. The number of benzene rings is 2. The lowest BCUT2D eigenvalue weighted by Crippen LogP contribution is -2.48. The van der Waals surface area contributed by atoms with Crippen LogP contribution < -0.4 is 9.47 Å². The molecule has 0 aromatic heterocycles. The zero-order valence-electron chi connectivity index (χ0n) is 28.8. The summed E-state index contributed by atoms with van der Waals surface area (Å²) in [6.45, 7) is 12.3. The number of non-ortho nitro benzene ring substituents is 1. The Labute approximate surface area is 277 Å². The van der Waals surface area contributed by atoms with Gasteiger partial charge < -0.3 is 33.5 Å². The van der Waals surface area contributed by atoms with Gasteiger partial charge in [-0.15, -0.1) is 0 Å². The number of fused-ring (bicyclic) bond motifs is 1. The molecule has 0 aliphatic carbocycles. The first-order valence-corrected chi connectivity index (χ1v) is 15.9. The van der Waals surface area contributed by atoms with Gasteiger partial charge in [0, 0.05) is 38.1 Å². The van der Waals surface area contributed by atoms with Crippen LogP contribution in [0.1, 0.15) is 63.9 Å². The molecule has 3 rings (SSSR count). The number of ether oxygens (including phenoxy) is 5. The van der Waals surface area contributed by atoms with Gasteiger partial charge in [0.15, 0.2) is 0 Å². The first kappa shape index (κ1) is 37.3. The van der Waals surface area contributed by atoms with Crippen LogP contribution in [0.5, 0.6) is 11.5 Å². The fourth-order valence-electron chi connectivity index (χ4n) is 4.99. The lowest BCUT2D eigenvalue weighted by atomic mass is 10.0. The molecule has 1 heterocycles. The third-order valence-corrected chi connectivity index (χ3v) is 7.63. The second-order valence-electron chi connectivity index (χ2n) is 13.0. The van der Waals surface area contributed by atoms with E-state index in [-0.39, 0.29) is 48.7 Å². The highest BCUT2D eigenvalue weighted by atomic mass is 16.6. The summed E-state index contributed by atoms with van der Waals surface area (Å²) in [6.07, 6.45) is 3.06. The van der Waals surface area contributed by atoms with E-state index in [4.69, 9.17) is 23.7 Å². The molecular formula is C35H49N3O9. The Morgan fingerprint density at radius 1 is 1.15 bits per heavy atom. The van der Waals surface area contributed by atoms with E-state index in [1.165, 1.54) is 23.1 Å². The molecule has 0 fully saturated rings. The van der Waals surface area contributed by atoms with E-state index in [0.717, 1.165) is 11.3 Å². The van der Waals surface area contributed by atoms with Crippen LogP contribution >= 0.6 is 0 Å². The van der Waals surface area contributed by atoms with Gasteiger partial charge in [0.05, 0.1) is 62.2 Å². The van der Waals surface area contributed by atoms with Gasteiger partial charge in [-0.25, -0.2) is 4.79 Å². The van der Waals surface area contributed by atoms with Crippen molar-refractivity contribution in [3.63, 3.8) is 0 Å². The Balaban J connectivity index is 1.95. The zero-order chi connectivity index (χ0) is 34.7. The second-order valence-corrected chi connectivity index (χ2v) is 13.0. The monoisotopic (exact) mass is 655 g/mol. The number of nitro benzene ring substituents is 1. The average molecular weight is 656 g/mol. The number of methoxy groups -OCH3 is 1. The lowest BCUT2D eigenvalue weighted by Gasteiger charge is -2.36. The maximum atomic E-state index is 14.4. The largest absolute Gasteiger partial charge is 0.497 e. The Hall–Kier alpha value is -4.16. The van der Waals surface area contributed by atoms with Crippen molar-refractivity contribution >= 4 is 17.7 Å². The molecule has 2 aromatic rings. The molecule has 12 nitrogen and oxygen atoms in total. The number of amides is 2. The molecule has 1 unspecified atom stereocenters. The Morgan fingerprint density at radius 2 is 1.85 bits per heavy atom. The van der Waals surface area contributed by atoms with Gasteiger partial charge in [-0.3, -0.25) is 14.9 Å². The Morgan fingerprint density at radius 3 is 2.49 bits per heavy atom. The summed E-state index contributed by atoms with van der Waals surface area (Å²) in [5, 5.41) is 11.7. The van der Waals surface area contributed by atoms with Crippen LogP contribution in [-0.4, -0.2) is 91.0 Å². The van der Waals surface area contributed by atoms with Gasteiger partial charge in [0.2, 0.25) is 0 Å². The molecule has 0 N–H and O–H groups in total. The van der Waals surface area contributed by atoms with Crippen LogP contribution in [0.15, 0.2) is 54.6 Å². The Kier molecular flexibility index (Phi) is 13.6. The van der Waals surface area contributed by atoms with Crippen molar-refractivity contribution in [1.29, 1.82) is 0 Å². The van der Waals surface area contributed by atoms with E-state index in [9.17, 15) is 19.7 Å². The molecule has 4 atom stereocenters. The average Bonchev–Trinajstić information content (AvgIpc) is 3.01. The van der Waals surface area contributed by atoms with Crippen molar-refractivity contribution in [2.45, 2.75) is 78.4 Å². The van der Waals surface area contributed by atoms with E-state index in [0.29, 0.717) is 19.6 Å².